The Morgan fingerprint density at radius 1 is 1.20 bits per heavy atom. The molecule has 2 N–H and O–H groups in total. The van der Waals surface area contributed by atoms with Gasteiger partial charge in [-0.15, -0.1) is 24.0 Å². The van der Waals surface area contributed by atoms with E-state index in [9.17, 15) is 0 Å². The summed E-state index contributed by atoms with van der Waals surface area (Å²) in [6, 6.07) is 11.7. The summed E-state index contributed by atoms with van der Waals surface area (Å²) in [7, 11) is 1.60. The largest absolute Gasteiger partial charge is 0.481 e. The Morgan fingerprint density at radius 2 is 2.00 bits per heavy atom. The summed E-state index contributed by atoms with van der Waals surface area (Å²) < 4.78 is 5.06. The van der Waals surface area contributed by atoms with Crippen molar-refractivity contribution in [2.75, 3.05) is 20.2 Å². The van der Waals surface area contributed by atoms with Crippen LogP contribution in [0.25, 0.3) is 0 Å². The van der Waals surface area contributed by atoms with E-state index in [4.69, 9.17) is 16.3 Å². The second-order valence-corrected chi connectivity index (χ2v) is 5.58. The monoisotopic (exact) mass is 474 g/mol. The number of benzene rings is 1. The van der Waals surface area contributed by atoms with Gasteiger partial charge in [-0.2, -0.15) is 0 Å². The van der Waals surface area contributed by atoms with E-state index in [2.05, 4.69) is 20.6 Å². The van der Waals surface area contributed by atoms with Crippen molar-refractivity contribution in [1.29, 1.82) is 0 Å². The summed E-state index contributed by atoms with van der Waals surface area (Å²) in [5.41, 5.74) is 2.15. The van der Waals surface area contributed by atoms with Crippen LogP contribution >= 0.6 is 35.6 Å². The Morgan fingerprint density at radius 3 is 2.64 bits per heavy atom. The number of rotatable bonds is 7. The van der Waals surface area contributed by atoms with Crippen LogP contribution in [0.5, 0.6) is 5.88 Å². The Balaban J connectivity index is 0.00000312. The molecular formula is C18H24ClIN4O. The molecule has 0 aliphatic carbocycles. The number of guanidine groups is 1. The molecule has 25 heavy (non-hydrogen) atoms. The number of aromatic nitrogens is 1. The van der Waals surface area contributed by atoms with E-state index < -0.39 is 0 Å². The summed E-state index contributed by atoms with van der Waals surface area (Å²) in [6.07, 6.45) is 2.61. The number of aliphatic imine (C=N–C) groups is 1. The van der Waals surface area contributed by atoms with Crippen LogP contribution in [-0.2, 0) is 13.0 Å². The molecule has 0 radical (unpaired) electrons. The van der Waals surface area contributed by atoms with Gasteiger partial charge in [-0.3, -0.25) is 0 Å². The van der Waals surface area contributed by atoms with Crippen LogP contribution in [-0.4, -0.2) is 31.1 Å². The lowest BCUT2D eigenvalue weighted by molar-refractivity contribution is 0.397. The van der Waals surface area contributed by atoms with E-state index in [0.717, 1.165) is 41.6 Å². The number of halogens is 2. The number of methoxy groups -OCH3 is 1. The maximum atomic E-state index is 6.18. The maximum Gasteiger partial charge on any atom is 0.212 e. The van der Waals surface area contributed by atoms with Gasteiger partial charge < -0.3 is 15.4 Å². The van der Waals surface area contributed by atoms with Gasteiger partial charge in [-0.05, 0) is 30.5 Å². The number of hydrogen-bond acceptors (Lipinski definition) is 3. The van der Waals surface area contributed by atoms with Crippen molar-refractivity contribution in [2.24, 2.45) is 4.99 Å². The highest BCUT2D eigenvalue weighted by Gasteiger charge is 2.01. The smallest absolute Gasteiger partial charge is 0.212 e. The van der Waals surface area contributed by atoms with Crippen molar-refractivity contribution in [3.63, 3.8) is 0 Å². The lowest BCUT2D eigenvalue weighted by atomic mass is 10.1. The number of pyridine rings is 1. The molecule has 1 aromatic carbocycles. The van der Waals surface area contributed by atoms with E-state index in [1.165, 1.54) is 0 Å². The lowest BCUT2D eigenvalue weighted by Crippen LogP contribution is -2.38. The SMILES string of the molecule is CCNC(=NCc1ccc(OC)nc1)NCCc1ccccc1Cl.I. The minimum Gasteiger partial charge on any atom is -0.481 e. The van der Waals surface area contributed by atoms with Crippen molar-refractivity contribution in [3.05, 3.63) is 58.7 Å². The molecule has 2 aromatic rings. The molecule has 2 rings (SSSR count). The zero-order valence-electron chi connectivity index (χ0n) is 14.5. The van der Waals surface area contributed by atoms with Crippen molar-refractivity contribution >= 4 is 41.5 Å². The summed E-state index contributed by atoms with van der Waals surface area (Å²) in [6.45, 7) is 4.16. The minimum absolute atomic E-state index is 0. The standard InChI is InChI=1S/C18H23ClN4O.HI/c1-3-20-18(21-11-10-15-6-4-5-7-16(15)19)23-13-14-8-9-17(24-2)22-12-14;/h4-9,12H,3,10-11,13H2,1-2H3,(H2,20,21,23);1H. The predicted molar refractivity (Wildman–Crippen MR) is 114 cm³/mol. The molecule has 5 nitrogen and oxygen atoms in total. The molecule has 0 fully saturated rings. The average Bonchev–Trinajstić information content (AvgIpc) is 2.61. The third-order valence-corrected chi connectivity index (χ3v) is 3.78. The molecule has 0 aliphatic rings. The molecule has 7 heteroatoms. The van der Waals surface area contributed by atoms with Crippen LogP contribution in [0, 0.1) is 0 Å². The fraction of sp³-hybridized carbons (Fsp3) is 0.333. The lowest BCUT2D eigenvalue weighted by Gasteiger charge is -2.12. The molecule has 1 aromatic heterocycles. The van der Waals surface area contributed by atoms with Gasteiger partial charge in [-0.1, -0.05) is 35.9 Å². The van der Waals surface area contributed by atoms with Crippen molar-refractivity contribution < 1.29 is 4.74 Å². The molecule has 0 aliphatic heterocycles. The third kappa shape index (κ3) is 7.48. The second-order valence-electron chi connectivity index (χ2n) is 5.17. The molecule has 0 unspecified atom stereocenters. The highest BCUT2D eigenvalue weighted by molar-refractivity contribution is 14.0. The third-order valence-electron chi connectivity index (χ3n) is 3.42. The molecule has 0 amide bonds. The maximum absolute atomic E-state index is 6.18. The first-order chi connectivity index (χ1) is 11.7. The van der Waals surface area contributed by atoms with E-state index in [1.807, 2.05) is 43.3 Å². The van der Waals surface area contributed by atoms with E-state index in [0.29, 0.717) is 12.4 Å². The Kier molecular flexibility index (Phi) is 10.3. The predicted octanol–water partition coefficient (Wildman–Crippen LogP) is 3.66. The van der Waals surface area contributed by atoms with Gasteiger partial charge in [-0.25, -0.2) is 9.98 Å². The molecule has 1 heterocycles. The highest BCUT2D eigenvalue weighted by atomic mass is 127. The Labute approximate surface area is 171 Å². The highest BCUT2D eigenvalue weighted by Crippen LogP contribution is 2.14. The van der Waals surface area contributed by atoms with Crippen LogP contribution in [0.1, 0.15) is 18.1 Å². The molecule has 0 bridgehead atoms. The van der Waals surface area contributed by atoms with E-state index >= 15 is 0 Å². The van der Waals surface area contributed by atoms with Gasteiger partial charge in [0.1, 0.15) is 0 Å². The fourth-order valence-electron chi connectivity index (χ4n) is 2.15. The quantitative estimate of drug-likeness (QED) is 0.365. The van der Waals surface area contributed by atoms with Gasteiger partial charge >= 0.3 is 0 Å². The van der Waals surface area contributed by atoms with Gasteiger partial charge in [0.15, 0.2) is 5.96 Å². The topological polar surface area (TPSA) is 58.5 Å². The number of nitrogens with zero attached hydrogens (tertiary/aromatic N) is 2. The van der Waals surface area contributed by atoms with Gasteiger partial charge in [0.05, 0.1) is 13.7 Å². The van der Waals surface area contributed by atoms with Crippen LogP contribution in [0.2, 0.25) is 5.02 Å². The van der Waals surface area contributed by atoms with Crippen LogP contribution in [0.3, 0.4) is 0 Å². The Hall–Kier alpha value is -1.54. The second kappa shape index (κ2) is 11.9. The number of ether oxygens (including phenoxy) is 1. The number of hydrogen-bond donors (Lipinski definition) is 2. The molecule has 136 valence electrons. The zero-order valence-corrected chi connectivity index (χ0v) is 17.5. The molecule has 0 atom stereocenters. The number of nitrogens with one attached hydrogen (secondary N) is 2. The van der Waals surface area contributed by atoms with E-state index in [-0.39, 0.29) is 24.0 Å². The first-order valence-electron chi connectivity index (χ1n) is 7.97. The molecule has 0 saturated carbocycles. The Bertz CT molecular complexity index is 664. The minimum atomic E-state index is 0. The normalized spacial score (nSPS) is 10.8. The zero-order chi connectivity index (χ0) is 17.2. The van der Waals surface area contributed by atoms with Crippen molar-refractivity contribution in [2.45, 2.75) is 19.9 Å². The summed E-state index contributed by atoms with van der Waals surface area (Å²) >= 11 is 6.18. The first kappa shape index (κ1) is 21.5. The van der Waals surface area contributed by atoms with Gasteiger partial charge in [0.25, 0.3) is 0 Å². The van der Waals surface area contributed by atoms with Gasteiger partial charge in [0, 0.05) is 30.4 Å². The van der Waals surface area contributed by atoms with Crippen LogP contribution < -0.4 is 15.4 Å². The molecule has 0 spiro atoms. The average molecular weight is 475 g/mol. The summed E-state index contributed by atoms with van der Waals surface area (Å²) in [5.74, 6) is 1.38. The first-order valence-corrected chi connectivity index (χ1v) is 8.35. The van der Waals surface area contributed by atoms with Crippen LogP contribution in [0.4, 0.5) is 0 Å². The van der Waals surface area contributed by atoms with Crippen molar-refractivity contribution in [3.8, 4) is 5.88 Å². The van der Waals surface area contributed by atoms with E-state index in [1.54, 1.807) is 13.3 Å². The fourth-order valence-corrected chi connectivity index (χ4v) is 2.38. The molecule has 0 saturated heterocycles. The van der Waals surface area contributed by atoms with Gasteiger partial charge in [0.2, 0.25) is 5.88 Å². The summed E-state index contributed by atoms with van der Waals surface area (Å²) in [5, 5.41) is 7.36. The van der Waals surface area contributed by atoms with Crippen LogP contribution in [0.15, 0.2) is 47.6 Å². The van der Waals surface area contributed by atoms with Crippen molar-refractivity contribution in [1.82, 2.24) is 15.6 Å². The summed E-state index contributed by atoms with van der Waals surface area (Å²) in [4.78, 5) is 8.76. The molecular weight excluding hydrogens is 451 g/mol.